The number of aryl methyl sites for hydroxylation is 1. The minimum Gasteiger partial charge on any atom is -0.389 e. The van der Waals surface area contributed by atoms with Crippen LogP contribution in [0.2, 0.25) is 0 Å². The van der Waals surface area contributed by atoms with Crippen molar-refractivity contribution in [1.82, 2.24) is 4.98 Å². The molecule has 0 aliphatic heterocycles. The quantitative estimate of drug-likeness (QED) is 0.786. The van der Waals surface area contributed by atoms with Gasteiger partial charge >= 0.3 is 0 Å². The lowest BCUT2D eigenvalue weighted by Crippen LogP contribution is -2.23. The Balaban J connectivity index is 2.09. The fourth-order valence-electron chi connectivity index (χ4n) is 1.83. The summed E-state index contributed by atoms with van der Waals surface area (Å²) in [6.45, 7) is 2.95. The molecule has 0 unspecified atom stereocenters. The summed E-state index contributed by atoms with van der Waals surface area (Å²) in [7, 11) is 0. The van der Waals surface area contributed by atoms with Gasteiger partial charge in [-0.2, -0.15) is 0 Å². The largest absolute Gasteiger partial charge is 0.389 e. The highest BCUT2D eigenvalue weighted by molar-refractivity contribution is 7.80. The third-order valence-corrected chi connectivity index (χ3v) is 3.30. The standard InChI is InChI=1S/C12H17N3S/c1-8-5-6-10(11(13)16)12(15-8)14-7-9-3-2-4-9/h5-6,9H,2-4,7H2,1H3,(H2,13,16)(H,14,15). The normalized spacial score (nSPS) is 15.6. The molecule has 1 fully saturated rings. The predicted octanol–water partition coefficient (Wildman–Crippen LogP) is 2.24. The van der Waals surface area contributed by atoms with Crippen LogP contribution in [-0.4, -0.2) is 16.5 Å². The van der Waals surface area contributed by atoms with E-state index in [1.165, 1.54) is 19.3 Å². The number of hydrogen-bond donors (Lipinski definition) is 2. The van der Waals surface area contributed by atoms with Crippen LogP contribution in [0.15, 0.2) is 12.1 Å². The molecule has 0 spiro atoms. The maximum absolute atomic E-state index is 5.67. The Bertz CT molecular complexity index is 399. The van der Waals surface area contributed by atoms with Gasteiger partial charge in [0.25, 0.3) is 0 Å². The van der Waals surface area contributed by atoms with E-state index in [0.29, 0.717) is 4.99 Å². The number of nitrogens with zero attached hydrogens (tertiary/aromatic N) is 1. The fraction of sp³-hybridized carbons (Fsp3) is 0.500. The van der Waals surface area contributed by atoms with Crippen molar-refractivity contribution >= 4 is 23.0 Å². The van der Waals surface area contributed by atoms with Gasteiger partial charge in [-0.25, -0.2) is 4.98 Å². The summed E-state index contributed by atoms with van der Waals surface area (Å²) in [4.78, 5) is 4.85. The molecule has 0 radical (unpaired) electrons. The monoisotopic (exact) mass is 235 g/mol. The van der Waals surface area contributed by atoms with Crippen LogP contribution in [0, 0.1) is 12.8 Å². The van der Waals surface area contributed by atoms with Crippen molar-refractivity contribution in [2.24, 2.45) is 11.7 Å². The average Bonchev–Trinajstić information content (AvgIpc) is 2.14. The van der Waals surface area contributed by atoms with Gasteiger partial charge in [-0.05, 0) is 37.8 Å². The molecule has 1 saturated carbocycles. The molecule has 3 N–H and O–H groups in total. The number of aromatic nitrogens is 1. The maximum Gasteiger partial charge on any atom is 0.136 e. The molecule has 1 heterocycles. The van der Waals surface area contributed by atoms with Crippen LogP contribution in [0.25, 0.3) is 0 Å². The Kier molecular flexibility index (Phi) is 3.39. The Hall–Kier alpha value is -1.16. The number of nitrogens with one attached hydrogen (secondary N) is 1. The van der Waals surface area contributed by atoms with Crippen molar-refractivity contribution in [2.75, 3.05) is 11.9 Å². The first kappa shape index (κ1) is 11.3. The molecule has 1 aliphatic carbocycles. The summed E-state index contributed by atoms with van der Waals surface area (Å²) in [5, 5.41) is 3.36. The molecule has 3 nitrogen and oxygen atoms in total. The third-order valence-electron chi connectivity index (χ3n) is 3.08. The van der Waals surface area contributed by atoms with Crippen molar-refractivity contribution in [3.8, 4) is 0 Å². The molecular weight excluding hydrogens is 218 g/mol. The zero-order chi connectivity index (χ0) is 11.5. The van der Waals surface area contributed by atoms with Crippen LogP contribution in [0.5, 0.6) is 0 Å². The summed E-state index contributed by atoms with van der Waals surface area (Å²) in [5.41, 5.74) is 7.50. The number of hydrogen-bond acceptors (Lipinski definition) is 3. The number of pyridine rings is 1. The Morgan fingerprint density at radius 2 is 2.31 bits per heavy atom. The molecule has 1 aromatic rings. The van der Waals surface area contributed by atoms with E-state index in [1.807, 2.05) is 19.1 Å². The van der Waals surface area contributed by atoms with E-state index in [-0.39, 0.29) is 0 Å². The van der Waals surface area contributed by atoms with Crippen molar-refractivity contribution in [1.29, 1.82) is 0 Å². The SMILES string of the molecule is Cc1ccc(C(N)=S)c(NCC2CCC2)n1. The Labute approximate surface area is 101 Å². The van der Waals surface area contributed by atoms with Crippen molar-refractivity contribution in [2.45, 2.75) is 26.2 Å². The van der Waals surface area contributed by atoms with Gasteiger partial charge in [0.15, 0.2) is 0 Å². The second-order valence-electron chi connectivity index (χ2n) is 4.39. The summed E-state index contributed by atoms with van der Waals surface area (Å²) in [6.07, 6.45) is 4.00. The molecule has 4 heteroatoms. The molecule has 0 saturated heterocycles. The zero-order valence-electron chi connectivity index (χ0n) is 9.49. The lowest BCUT2D eigenvalue weighted by Gasteiger charge is -2.26. The molecule has 0 aromatic carbocycles. The molecule has 0 amide bonds. The summed E-state index contributed by atoms with van der Waals surface area (Å²) in [6, 6.07) is 3.87. The van der Waals surface area contributed by atoms with Crippen LogP contribution in [0.1, 0.15) is 30.5 Å². The van der Waals surface area contributed by atoms with Gasteiger partial charge in [-0.3, -0.25) is 0 Å². The van der Waals surface area contributed by atoms with Crippen molar-refractivity contribution in [3.63, 3.8) is 0 Å². The summed E-state index contributed by atoms with van der Waals surface area (Å²) < 4.78 is 0. The minimum absolute atomic E-state index is 0.406. The number of anilines is 1. The van der Waals surface area contributed by atoms with Crippen LogP contribution in [0.4, 0.5) is 5.82 Å². The Morgan fingerprint density at radius 3 is 2.88 bits per heavy atom. The first-order valence-electron chi connectivity index (χ1n) is 5.68. The van der Waals surface area contributed by atoms with Crippen LogP contribution >= 0.6 is 12.2 Å². The third kappa shape index (κ3) is 2.50. The van der Waals surface area contributed by atoms with Gasteiger partial charge in [0.2, 0.25) is 0 Å². The van der Waals surface area contributed by atoms with E-state index in [9.17, 15) is 0 Å². The molecule has 0 bridgehead atoms. The second-order valence-corrected chi connectivity index (χ2v) is 4.83. The molecule has 0 atom stereocenters. The van der Waals surface area contributed by atoms with Crippen LogP contribution in [-0.2, 0) is 0 Å². The maximum atomic E-state index is 5.67. The first-order valence-corrected chi connectivity index (χ1v) is 6.09. The predicted molar refractivity (Wildman–Crippen MR) is 70.7 cm³/mol. The molecule has 1 aliphatic rings. The van der Waals surface area contributed by atoms with E-state index in [1.54, 1.807) is 0 Å². The molecular formula is C12H17N3S. The summed E-state index contributed by atoms with van der Waals surface area (Å²) >= 11 is 5.01. The van der Waals surface area contributed by atoms with Gasteiger partial charge in [0, 0.05) is 12.2 Å². The van der Waals surface area contributed by atoms with Crippen molar-refractivity contribution in [3.05, 3.63) is 23.4 Å². The highest BCUT2D eigenvalue weighted by Crippen LogP contribution is 2.26. The highest BCUT2D eigenvalue weighted by atomic mass is 32.1. The number of rotatable bonds is 4. The smallest absolute Gasteiger partial charge is 0.136 e. The van der Waals surface area contributed by atoms with E-state index in [0.717, 1.165) is 29.5 Å². The number of nitrogens with two attached hydrogens (primary N) is 1. The first-order chi connectivity index (χ1) is 7.66. The summed E-state index contributed by atoms with van der Waals surface area (Å²) in [5.74, 6) is 1.63. The lowest BCUT2D eigenvalue weighted by molar-refractivity contribution is 0.333. The van der Waals surface area contributed by atoms with Gasteiger partial charge in [-0.1, -0.05) is 18.6 Å². The molecule has 2 rings (SSSR count). The lowest BCUT2D eigenvalue weighted by atomic mass is 9.85. The molecule has 86 valence electrons. The van der Waals surface area contributed by atoms with E-state index in [4.69, 9.17) is 18.0 Å². The zero-order valence-corrected chi connectivity index (χ0v) is 10.3. The molecule has 16 heavy (non-hydrogen) atoms. The van der Waals surface area contributed by atoms with Gasteiger partial charge in [-0.15, -0.1) is 0 Å². The van der Waals surface area contributed by atoms with Gasteiger partial charge in [0.05, 0.1) is 5.56 Å². The van der Waals surface area contributed by atoms with Gasteiger partial charge in [0.1, 0.15) is 10.8 Å². The topological polar surface area (TPSA) is 50.9 Å². The fourth-order valence-corrected chi connectivity index (χ4v) is 1.99. The van der Waals surface area contributed by atoms with E-state index in [2.05, 4.69) is 10.3 Å². The van der Waals surface area contributed by atoms with Crippen LogP contribution in [0.3, 0.4) is 0 Å². The van der Waals surface area contributed by atoms with Crippen LogP contribution < -0.4 is 11.1 Å². The van der Waals surface area contributed by atoms with E-state index >= 15 is 0 Å². The average molecular weight is 235 g/mol. The highest BCUT2D eigenvalue weighted by Gasteiger charge is 2.17. The number of thiocarbonyl (C=S) groups is 1. The second kappa shape index (κ2) is 4.78. The van der Waals surface area contributed by atoms with Gasteiger partial charge < -0.3 is 11.1 Å². The molecule has 1 aromatic heterocycles. The van der Waals surface area contributed by atoms with Crippen molar-refractivity contribution < 1.29 is 0 Å². The minimum atomic E-state index is 0.406. The van der Waals surface area contributed by atoms with E-state index < -0.39 is 0 Å². The Morgan fingerprint density at radius 1 is 1.56 bits per heavy atom.